The molecule has 1 unspecified atom stereocenters. The molecule has 2 amide bonds. The van der Waals surface area contributed by atoms with E-state index in [-0.39, 0.29) is 18.7 Å². The summed E-state index contributed by atoms with van der Waals surface area (Å²) in [4.78, 5) is 14.5. The highest BCUT2D eigenvalue weighted by atomic mass is 16.3. The van der Waals surface area contributed by atoms with Crippen LogP contribution in [0.3, 0.4) is 0 Å². The Morgan fingerprint density at radius 3 is 2.57 bits per heavy atom. The second-order valence-corrected chi connectivity index (χ2v) is 6.80. The molecule has 2 rings (SSSR count). The van der Waals surface area contributed by atoms with E-state index >= 15 is 0 Å². The number of benzene rings is 1. The summed E-state index contributed by atoms with van der Waals surface area (Å²) in [5.41, 5.74) is 3.08. The molecule has 1 aromatic rings. The number of nitrogens with zero attached hydrogens (tertiary/aromatic N) is 1. The van der Waals surface area contributed by atoms with Gasteiger partial charge in [-0.05, 0) is 55.9 Å². The van der Waals surface area contributed by atoms with Crippen molar-refractivity contribution in [3.05, 3.63) is 23.8 Å². The largest absolute Gasteiger partial charge is 0.394 e. The number of amides is 2. The van der Waals surface area contributed by atoms with Crippen molar-refractivity contribution < 1.29 is 9.90 Å². The number of aryl methyl sites for hydroxylation is 1. The molecule has 0 spiro atoms. The van der Waals surface area contributed by atoms with Gasteiger partial charge in [-0.2, -0.15) is 0 Å². The van der Waals surface area contributed by atoms with Crippen molar-refractivity contribution in [3.63, 3.8) is 0 Å². The predicted molar refractivity (Wildman–Crippen MR) is 95.1 cm³/mol. The predicted octanol–water partition coefficient (Wildman–Crippen LogP) is 3.12. The smallest absolute Gasteiger partial charge is 0.319 e. The van der Waals surface area contributed by atoms with E-state index in [1.165, 1.54) is 18.5 Å². The fraction of sp³-hybridized carbons (Fsp3) is 0.611. The second kappa shape index (κ2) is 8.20. The molecule has 1 fully saturated rings. The SMILES string of the molecule is Cc1cc(N2CCCC2)ccc1NC(=O)NC(CO)CC(C)C. The van der Waals surface area contributed by atoms with Crippen LogP contribution < -0.4 is 15.5 Å². The fourth-order valence-corrected chi connectivity index (χ4v) is 3.05. The van der Waals surface area contributed by atoms with Crippen molar-refractivity contribution in [1.82, 2.24) is 5.32 Å². The van der Waals surface area contributed by atoms with Gasteiger partial charge < -0.3 is 20.6 Å². The Morgan fingerprint density at radius 2 is 2.00 bits per heavy atom. The molecule has 0 bridgehead atoms. The van der Waals surface area contributed by atoms with E-state index in [1.54, 1.807) is 0 Å². The number of hydrogen-bond donors (Lipinski definition) is 3. The molecule has 23 heavy (non-hydrogen) atoms. The lowest BCUT2D eigenvalue weighted by Gasteiger charge is -2.21. The molecule has 0 aliphatic carbocycles. The average Bonchev–Trinajstić information content (AvgIpc) is 3.02. The summed E-state index contributed by atoms with van der Waals surface area (Å²) in [6.45, 7) is 8.33. The molecule has 5 heteroatoms. The Balaban J connectivity index is 1.95. The molecule has 1 aliphatic heterocycles. The van der Waals surface area contributed by atoms with Gasteiger partial charge in [0.1, 0.15) is 0 Å². The summed E-state index contributed by atoms with van der Waals surface area (Å²) in [7, 11) is 0. The zero-order valence-corrected chi connectivity index (χ0v) is 14.4. The first-order valence-electron chi connectivity index (χ1n) is 8.53. The summed E-state index contributed by atoms with van der Waals surface area (Å²) in [6, 6.07) is 5.67. The molecule has 5 nitrogen and oxygen atoms in total. The quantitative estimate of drug-likeness (QED) is 0.755. The highest BCUT2D eigenvalue weighted by Gasteiger charge is 2.15. The number of rotatable bonds is 6. The fourth-order valence-electron chi connectivity index (χ4n) is 3.05. The first-order chi connectivity index (χ1) is 11.0. The number of nitrogens with one attached hydrogen (secondary N) is 2. The molecular weight excluding hydrogens is 290 g/mol. The average molecular weight is 319 g/mol. The molecule has 128 valence electrons. The summed E-state index contributed by atoms with van der Waals surface area (Å²) in [5, 5.41) is 15.1. The number of aliphatic hydroxyl groups is 1. The Morgan fingerprint density at radius 1 is 1.30 bits per heavy atom. The highest BCUT2D eigenvalue weighted by Crippen LogP contribution is 2.25. The molecule has 1 aromatic carbocycles. The van der Waals surface area contributed by atoms with E-state index in [4.69, 9.17) is 0 Å². The number of anilines is 2. The van der Waals surface area contributed by atoms with Gasteiger partial charge in [0, 0.05) is 24.5 Å². The molecule has 0 radical (unpaired) electrons. The van der Waals surface area contributed by atoms with Crippen molar-refractivity contribution in [1.29, 1.82) is 0 Å². The van der Waals surface area contributed by atoms with Crippen LogP contribution in [0.1, 0.15) is 38.7 Å². The topological polar surface area (TPSA) is 64.6 Å². The zero-order chi connectivity index (χ0) is 16.8. The second-order valence-electron chi connectivity index (χ2n) is 6.80. The van der Waals surface area contributed by atoms with Crippen molar-refractivity contribution in [2.45, 2.75) is 46.1 Å². The van der Waals surface area contributed by atoms with Crippen molar-refractivity contribution >= 4 is 17.4 Å². The summed E-state index contributed by atoms with van der Waals surface area (Å²) < 4.78 is 0. The molecule has 1 heterocycles. The van der Waals surface area contributed by atoms with Gasteiger partial charge in [0.25, 0.3) is 0 Å². The molecule has 1 atom stereocenters. The number of carbonyl (C=O) groups excluding carboxylic acids is 1. The van der Waals surface area contributed by atoms with E-state index in [1.807, 2.05) is 13.0 Å². The van der Waals surface area contributed by atoms with Gasteiger partial charge in [-0.25, -0.2) is 4.79 Å². The Labute approximate surface area is 139 Å². The van der Waals surface area contributed by atoms with E-state index in [9.17, 15) is 9.90 Å². The number of aliphatic hydroxyl groups excluding tert-OH is 1. The van der Waals surface area contributed by atoms with Crippen LogP contribution in [-0.2, 0) is 0 Å². The van der Waals surface area contributed by atoms with Crippen LogP contribution in [0.2, 0.25) is 0 Å². The summed E-state index contributed by atoms with van der Waals surface area (Å²) >= 11 is 0. The van der Waals surface area contributed by atoms with Gasteiger partial charge in [0.15, 0.2) is 0 Å². The Hall–Kier alpha value is -1.75. The van der Waals surface area contributed by atoms with E-state index in [2.05, 4.69) is 41.5 Å². The number of carbonyl (C=O) groups is 1. The van der Waals surface area contributed by atoms with E-state index in [0.29, 0.717) is 5.92 Å². The van der Waals surface area contributed by atoms with Gasteiger partial charge in [-0.1, -0.05) is 13.8 Å². The van der Waals surface area contributed by atoms with Crippen LogP contribution in [0, 0.1) is 12.8 Å². The van der Waals surface area contributed by atoms with E-state index < -0.39 is 0 Å². The van der Waals surface area contributed by atoms with Crippen LogP contribution in [0.4, 0.5) is 16.2 Å². The first-order valence-corrected chi connectivity index (χ1v) is 8.53. The molecule has 0 saturated carbocycles. The lowest BCUT2D eigenvalue weighted by molar-refractivity contribution is 0.214. The first kappa shape index (κ1) is 17.6. The standard InChI is InChI=1S/C18H29N3O2/c1-13(2)10-15(12-22)19-18(23)20-17-7-6-16(11-14(17)3)21-8-4-5-9-21/h6-7,11,13,15,22H,4-5,8-10,12H2,1-3H3,(H2,19,20,23). The maximum absolute atomic E-state index is 12.1. The zero-order valence-electron chi connectivity index (χ0n) is 14.4. The normalized spacial score (nSPS) is 15.8. The van der Waals surface area contributed by atoms with Crippen LogP contribution in [0.25, 0.3) is 0 Å². The third-order valence-electron chi connectivity index (χ3n) is 4.24. The van der Waals surface area contributed by atoms with E-state index in [0.717, 1.165) is 30.8 Å². The van der Waals surface area contributed by atoms with Gasteiger partial charge in [-0.15, -0.1) is 0 Å². The molecule has 1 saturated heterocycles. The summed E-state index contributed by atoms with van der Waals surface area (Å²) in [5.74, 6) is 0.425. The maximum atomic E-state index is 12.1. The van der Waals surface area contributed by atoms with Crippen molar-refractivity contribution in [2.75, 3.05) is 29.9 Å². The van der Waals surface area contributed by atoms with Gasteiger partial charge in [0.2, 0.25) is 0 Å². The van der Waals surface area contributed by atoms with Crippen molar-refractivity contribution in [2.24, 2.45) is 5.92 Å². The molecule has 3 N–H and O–H groups in total. The van der Waals surface area contributed by atoms with Gasteiger partial charge in [-0.3, -0.25) is 0 Å². The maximum Gasteiger partial charge on any atom is 0.319 e. The monoisotopic (exact) mass is 319 g/mol. The minimum absolute atomic E-state index is 0.0432. The number of urea groups is 1. The Bertz CT molecular complexity index is 525. The third kappa shape index (κ3) is 5.13. The van der Waals surface area contributed by atoms with Crippen LogP contribution in [0.5, 0.6) is 0 Å². The third-order valence-corrected chi connectivity index (χ3v) is 4.24. The van der Waals surface area contributed by atoms with Crippen LogP contribution in [-0.4, -0.2) is 36.9 Å². The number of hydrogen-bond acceptors (Lipinski definition) is 3. The van der Waals surface area contributed by atoms with Gasteiger partial charge in [0.05, 0.1) is 12.6 Å². The lowest BCUT2D eigenvalue weighted by atomic mass is 10.0. The molecule has 0 aromatic heterocycles. The summed E-state index contributed by atoms with van der Waals surface area (Å²) in [6.07, 6.45) is 3.26. The Kier molecular flexibility index (Phi) is 6.28. The lowest BCUT2D eigenvalue weighted by Crippen LogP contribution is -2.41. The highest BCUT2D eigenvalue weighted by molar-refractivity contribution is 5.90. The van der Waals surface area contributed by atoms with Crippen LogP contribution in [0.15, 0.2) is 18.2 Å². The van der Waals surface area contributed by atoms with Crippen molar-refractivity contribution in [3.8, 4) is 0 Å². The minimum atomic E-state index is -0.262. The van der Waals surface area contributed by atoms with Crippen LogP contribution >= 0.6 is 0 Å². The van der Waals surface area contributed by atoms with Gasteiger partial charge >= 0.3 is 6.03 Å². The molecule has 1 aliphatic rings. The minimum Gasteiger partial charge on any atom is -0.394 e. The molecular formula is C18H29N3O2.